The number of benzene rings is 1. The molecule has 23 heavy (non-hydrogen) atoms. The van der Waals surface area contributed by atoms with Crippen molar-refractivity contribution in [3.05, 3.63) is 39.2 Å². The predicted molar refractivity (Wildman–Crippen MR) is 73.3 cm³/mol. The molecule has 0 bridgehead atoms. The molecule has 0 radical (unpaired) electrons. The van der Waals surface area contributed by atoms with E-state index < -0.39 is 10.8 Å². The third-order valence-electron chi connectivity index (χ3n) is 2.96. The molecule has 1 aromatic carbocycles. The highest BCUT2D eigenvalue weighted by Gasteiger charge is 2.22. The van der Waals surface area contributed by atoms with Crippen molar-refractivity contribution in [2.45, 2.75) is 6.92 Å². The number of ether oxygens (including phenoxy) is 2. The van der Waals surface area contributed by atoms with Crippen LogP contribution >= 0.6 is 0 Å². The van der Waals surface area contributed by atoms with Crippen LogP contribution in [0.15, 0.2) is 21.9 Å². The van der Waals surface area contributed by atoms with E-state index in [1.165, 1.54) is 19.1 Å². The zero-order valence-electron chi connectivity index (χ0n) is 11.7. The van der Waals surface area contributed by atoms with Gasteiger partial charge in [-0.2, -0.15) is 5.10 Å². The lowest BCUT2D eigenvalue weighted by molar-refractivity contribution is -0.385. The Morgan fingerprint density at radius 2 is 2.13 bits per heavy atom. The number of nitro groups is 1. The third-order valence-corrected chi connectivity index (χ3v) is 2.96. The van der Waals surface area contributed by atoms with Gasteiger partial charge in [-0.25, -0.2) is 10.1 Å². The minimum atomic E-state index is -0.650. The zero-order chi connectivity index (χ0) is 16.4. The molecule has 0 spiro atoms. The van der Waals surface area contributed by atoms with Crippen LogP contribution < -0.4 is 14.9 Å². The summed E-state index contributed by atoms with van der Waals surface area (Å²) in [4.78, 5) is 22.3. The monoisotopic (exact) mass is 319 g/mol. The van der Waals surface area contributed by atoms with Gasteiger partial charge in [-0.05, 0) is 18.1 Å². The van der Waals surface area contributed by atoms with Gasteiger partial charge in [0.15, 0.2) is 17.2 Å². The van der Waals surface area contributed by atoms with Crippen molar-refractivity contribution in [2.75, 3.05) is 6.79 Å². The number of nitro benzene ring substituents is 1. The molecule has 0 fully saturated rings. The average molecular weight is 319 g/mol. The lowest BCUT2D eigenvalue weighted by atomic mass is 10.1. The Kier molecular flexibility index (Phi) is 3.58. The first-order valence-electron chi connectivity index (χ1n) is 6.27. The zero-order valence-corrected chi connectivity index (χ0v) is 11.7. The van der Waals surface area contributed by atoms with Gasteiger partial charge in [-0.15, -0.1) is 0 Å². The van der Waals surface area contributed by atoms with Crippen molar-refractivity contribution in [3.63, 3.8) is 0 Å². The molecular formula is C12H9N5O6. The number of amides is 1. The van der Waals surface area contributed by atoms with Crippen LogP contribution in [-0.4, -0.2) is 34.2 Å². The van der Waals surface area contributed by atoms with E-state index >= 15 is 0 Å². The lowest BCUT2D eigenvalue weighted by Gasteiger charge is -2.00. The number of carbonyl (C=O) groups excluding carboxylic acids is 1. The van der Waals surface area contributed by atoms with E-state index in [4.69, 9.17) is 9.47 Å². The maximum Gasteiger partial charge on any atom is 0.295 e. The van der Waals surface area contributed by atoms with Crippen LogP contribution in [-0.2, 0) is 0 Å². The lowest BCUT2D eigenvalue weighted by Crippen LogP contribution is -2.19. The number of hydrogen-bond acceptors (Lipinski definition) is 9. The van der Waals surface area contributed by atoms with E-state index in [0.29, 0.717) is 11.4 Å². The van der Waals surface area contributed by atoms with Crippen molar-refractivity contribution < 1.29 is 23.8 Å². The highest BCUT2D eigenvalue weighted by atomic mass is 16.7. The Balaban J connectivity index is 1.81. The van der Waals surface area contributed by atoms with Crippen molar-refractivity contribution in [1.29, 1.82) is 0 Å². The molecule has 1 aliphatic heterocycles. The van der Waals surface area contributed by atoms with Gasteiger partial charge in [0.1, 0.15) is 5.69 Å². The van der Waals surface area contributed by atoms with Crippen LogP contribution in [0.25, 0.3) is 0 Å². The summed E-state index contributed by atoms with van der Waals surface area (Å²) in [5, 5.41) is 21.6. The van der Waals surface area contributed by atoms with Gasteiger partial charge in [-0.3, -0.25) is 14.9 Å². The number of nitrogens with zero attached hydrogens (tertiary/aromatic N) is 4. The first-order valence-corrected chi connectivity index (χ1v) is 6.27. The van der Waals surface area contributed by atoms with Gasteiger partial charge in [0.05, 0.1) is 22.8 Å². The Morgan fingerprint density at radius 1 is 1.39 bits per heavy atom. The van der Waals surface area contributed by atoms with E-state index in [-0.39, 0.29) is 29.5 Å². The number of aromatic nitrogens is 2. The number of hydrogen-bond donors (Lipinski definition) is 1. The van der Waals surface area contributed by atoms with E-state index in [9.17, 15) is 14.9 Å². The molecule has 1 N–H and O–H groups in total. The fourth-order valence-corrected chi connectivity index (χ4v) is 1.86. The van der Waals surface area contributed by atoms with Crippen LogP contribution in [0.2, 0.25) is 0 Å². The standard InChI is InChI=1S/C12H9N5O6/c1-6-11(16-23-15-6)12(18)14-13-4-7-2-9-10(22-5-21-9)3-8(7)17(19)20/h2-4H,5H2,1H3,(H,14,18)/b13-4+. The van der Waals surface area contributed by atoms with E-state index in [1.807, 2.05) is 0 Å². The van der Waals surface area contributed by atoms with Gasteiger partial charge >= 0.3 is 0 Å². The summed E-state index contributed by atoms with van der Waals surface area (Å²) in [7, 11) is 0. The number of hydrazone groups is 1. The third kappa shape index (κ3) is 2.79. The van der Waals surface area contributed by atoms with Crippen LogP contribution in [0.5, 0.6) is 11.5 Å². The van der Waals surface area contributed by atoms with Crippen molar-refractivity contribution >= 4 is 17.8 Å². The van der Waals surface area contributed by atoms with Gasteiger partial charge in [-0.1, -0.05) is 5.16 Å². The molecule has 1 aliphatic rings. The molecule has 118 valence electrons. The Hall–Kier alpha value is -3.50. The van der Waals surface area contributed by atoms with Crippen molar-refractivity contribution in [3.8, 4) is 11.5 Å². The molecule has 11 nitrogen and oxygen atoms in total. The molecular weight excluding hydrogens is 310 g/mol. The van der Waals surface area contributed by atoms with E-state index in [2.05, 4.69) is 25.5 Å². The SMILES string of the molecule is Cc1nonc1C(=O)N/N=C/c1cc2c(cc1[N+](=O)[O-])OCO2. The highest BCUT2D eigenvalue weighted by Crippen LogP contribution is 2.37. The molecule has 1 amide bonds. The Morgan fingerprint density at radius 3 is 2.78 bits per heavy atom. The second kappa shape index (κ2) is 5.71. The maximum atomic E-state index is 11.8. The van der Waals surface area contributed by atoms with Crippen LogP contribution in [0.3, 0.4) is 0 Å². The number of rotatable bonds is 4. The fraction of sp³-hybridized carbons (Fsp3) is 0.167. The molecule has 0 saturated heterocycles. The molecule has 2 heterocycles. The summed E-state index contributed by atoms with van der Waals surface area (Å²) in [5.74, 6) is -0.00880. The molecule has 0 atom stereocenters. The predicted octanol–water partition coefficient (Wildman–Crippen LogP) is 0.779. The summed E-state index contributed by atoms with van der Waals surface area (Å²) < 4.78 is 14.6. The van der Waals surface area contributed by atoms with Gasteiger partial charge in [0, 0.05) is 0 Å². The molecule has 1 aromatic heterocycles. The van der Waals surface area contributed by atoms with Crippen LogP contribution in [0, 0.1) is 17.0 Å². The first-order chi connectivity index (χ1) is 11.1. The summed E-state index contributed by atoms with van der Waals surface area (Å²) in [6.07, 6.45) is 1.13. The maximum absolute atomic E-state index is 11.8. The first kappa shape index (κ1) is 14.4. The van der Waals surface area contributed by atoms with E-state index in [0.717, 1.165) is 6.21 Å². The number of nitrogens with one attached hydrogen (secondary N) is 1. The summed E-state index contributed by atoms with van der Waals surface area (Å²) in [5.41, 5.74) is 2.37. The van der Waals surface area contributed by atoms with Gasteiger partial charge in [0.2, 0.25) is 6.79 Å². The Labute approximate surface area is 128 Å². The Bertz CT molecular complexity index is 814. The average Bonchev–Trinajstić information content (AvgIpc) is 3.14. The number of aryl methyl sites for hydroxylation is 1. The molecule has 11 heteroatoms. The quantitative estimate of drug-likeness (QED) is 0.495. The minimum Gasteiger partial charge on any atom is -0.454 e. The second-order valence-electron chi connectivity index (χ2n) is 4.42. The molecule has 3 rings (SSSR count). The second-order valence-corrected chi connectivity index (χ2v) is 4.42. The van der Waals surface area contributed by atoms with Gasteiger partial charge in [0.25, 0.3) is 11.6 Å². The van der Waals surface area contributed by atoms with Crippen LogP contribution in [0.1, 0.15) is 21.7 Å². The number of fused-ring (bicyclic) bond motifs is 1. The summed E-state index contributed by atoms with van der Waals surface area (Å²) >= 11 is 0. The minimum absolute atomic E-state index is 0.0117. The molecule has 0 saturated carbocycles. The largest absolute Gasteiger partial charge is 0.454 e. The van der Waals surface area contributed by atoms with Crippen LogP contribution in [0.4, 0.5) is 5.69 Å². The molecule has 0 unspecified atom stereocenters. The van der Waals surface area contributed by atoms with Crippen molar-refractivity contribution in [2.24, 2.45) is 5.10 Å². The fourth-order valence-electron chi connectivity index (χ4n) is 1.86. The van der Waals surface area contributed by atoms with Gasteiger partial charge < -0.3 is 9.47 Å². The van der Waals surface area contributed by atoms with E-state index in [1.54, 1.807) is 0 Å². The smallest absolute Gasteiger partial charge is 0.295 e. The normalized spacial score (nSPS) is 12.6. The summed E-state index contributed by atoms with van der Waals surface area (Å²) in [6, 6.07) is 2.64. The van der Waals surface area contributed by atoms with Crippen molar-refractivity contribution in [1.82, 2.24) is 15.7 Å². The molecule has 0 aliphatic carbocycles. The highest BCUT2D eigenvalue weighted by molar-refractivity contribution is 5.94. The summed E-state index contributed by atoms with van der Waals surface area (Å²) in [6.45, 7) is 1.53. The molecule has 2 aromatic rings. The number of carbonyl (C=O) groups is 1. The topological polar surface area (TPSA) is 142 Å².